The van der Waals surface area contributed by atoms with Crippen LogP contribution in [0.3, 0.4) is 0 Å². The molecule has 0 aliphatic rings. The van der Waals surface area contributed by atoms with E-state index < -0.39 is 13.9 Å². The second-order valence-corrected chi connectivity index (χ2v) is 5.88. The average Bonchev–Trinajstić information content (AvgIpc) is 2.39. The molecule has 0 bridgehead atoms. The van der Waals surface area contributed by atoms with Gasteiger partial charge in [-0.25, -0.2) is 4.57 Å². The molecule has 0 fully saturated rings. The maximum absolute atomic E-state index is 12.2. The molecule has 0 N–H and O–H groups in total. The fourth-order valence-corrected chi connectivity index (χ4v) is 2.92. The Kier molecular flexibility index (Phi) is 6.56. The number of benzene rings is 1. The zero-order valence-corrected chi connectivity index (χ0v) is 13.2. The SMILES string of the molecule is CCOP(=O)(OCC)OC(C)C(=O)c1ccc(C)cc1. The predicted molar refractivity (Wildman–Crippen MR) is 76.9 cm³/mol. The highest BCUT2D eigenvalue weighted by atomic mass is 31.2. The fraction of sp³-hybridized carbons (Fsp3) is 0.500. The van der Waals surface area contributed by atoms with Crippen LogP contribution in [-0.4, -0.2) is 25.1 Å². The summed E-state index contributed by atoms with van der Waals surface area (Å²) in [5.41, 5.74) is 1.56. The van der Waals surface area contributed by atoms with Crippen LogP contribution in [-0.2, 0) is 18.1 Å². The Labute approximate surface area is 119 Å². The molecule has 0 amide bonds. The highest BCUT2D eigenvalue weighted by Gasteiger charge is 2.31. The van der Waals surface area contributed by atoms with Gasteiger partial charge in [-0.15, -0.1) is 0 Å². The zero-order chi connectivity index (χ0) is 15.2. The highest BCUT2D eigenvalue weighted by molar-refractivity contribution is 7.48. The first-order chi connectivity index (χ1) is 9.41. The number of phosphoric ester groups is 1. The molecule has 0 heterocycles. The molecule has 0 spiro atoms. The number of carbonyl (C=O) groups is 1. The van der Waals surface area contributed by atoms with E-state index in [0.29, 0.717) is 5.56 Å². The molecule has 20 heavy (non-hydrogen) atoms. The van der Waals surface area contributed by atoms with E-state index in [1.165, 1.54) is 6.92 Å². The molecule has 0 saturated carbocycles. The van der Waals surface area contributed by atoms with Crippen molar-refractivity contribution in [1.82, 2.24) is 0 Å². The molecule has 6 heteroatoms. The van der Waals surface area contributed by atoms with Gasteiger partial charge in [0.2, 0.25) is 0 Å². The van der Waals surface area contributed by atoms with Crippen molar-refractivity contribution >= 4 is 13.6 Å². The van der Waals surface area contributed by atoms with Gasteiger partial charge in [-0.3, -0.25) is 18.4 Å². The summed E-state index contributed by atoms with van der Waals surface area (Å²) in [6.07, 6.45) is -0.901. The Bertz CT molecular complexity index is 473. The first-order valence-electron chi connectivity index (χ1n) is 6.60. The molecule has 1 rings (SSSR count). The Hall–Kier alpha value is -1.00. The lowest BCUT2D eigenvalue weighted by Crippen LogP contribution is -2.21. The second kappa shape index (κ2) is 7.70. The summed E-state index contributed by atoms with van der Waals surface area (Å²) >= 11 is 0. The van der Waals surface area contributed by atoms with Crippen molar-refractivity contribution in [3.63, 3.8) is 0 Å². The fourth-order valence-electron chi connectivity index (χ4n) is 1.61. The van der Waals surface area contributed by atoms with E-state index in [1.54, 1.807) is 26.0 Å². The van der Waals surface area contributed by atoms with Crippen LogP contribution in [0.1, 0.15) is 36.7 Å². The number of rotatable bonds is 8. The minimum absolute atomic E-state index is 0.183. The summed E-state index contributed by atoms with van der Waals surface area (Å²) < 4.78 is 27.4. The number of phosphoric acid groups is 1. The molecule has 0 aliphatic carbocycles. The Morgan fingerprint density at radius 1 is 1.15 bits per heavy atom. The molecule has 1 aromatic carbocycles. The molecule has 112 valence electrons. The Balaban J connectivity index is 2.78. The molecular weight excluding hydrogens is 279 g/mol. The highest BCUT2D eigenvalue weighted by Crippen LogP contribution is 2.50. The summed E-state index contributed by atoms with van der Waals surface area (Å²) in [6, 6.07) is 7.10. The van der Waals surface area contributed by atoms with Crippen molar-refractivity contribution in [2.24, 2.45) is 0 Å². The Morgan fingerprint density at radius 3 is 2.10 bits per heavy atom. The summed E-state index contributed by atoms with van der Waals surface area (Å²) in [5.74, 6) is -0.260. The van der Waals surface area contributed by atoms with Gasteiger partial charge in [-0.1, -0.05) is 29.8 Å². The van der Waals surface area contributed by atoms with E-state index in [1.807, 2.05) is 19.1 Å². The van der Waals surface area contributed by atoms with Crippen LogP contribution in [0.2, 0.25) is 0 Å². The lowest BCUT2D eigenvalue weighted by Gasteiger charge is -2.20. The molecule has 1 aromatic rings. The maximum Gasteiger partial charge on any atom is 0.475 e. The molecular formula is C14H21O5P. The smallest absolute Gasteiger partial charge is 0.291 e. The monoisotopic (exact) mass is 300 g/mol. The van der Waals surface area contributed by atoms with Crippen LogP contribution >= 0.6 is 7.82 Å². The third-order valence-corrected chi connectivity index (χ3v) is 4.29. The van der Waals surface area contributed by atoms with Crippen LogP contribution < -0.4 is 0 Å². The topological polar surface area (TPSA) is 61.8 Å². The van der Waals surface area contributed by atoms with E-state index in [-0.39, 0.29) is 19.0 Å². The lowest BCUT2D eigenvalue weighted by atomic mass is 10.1. The van der Waals surface area contributed by atoms with Gasteiger partial charge in [0.25, 0.3) is 0 Å². The van der Waals surface area contributed by atoms with Gasteiger partial charge in [0.1, 0.15) is 6.10 Å². The van der Waals surface area contributed by atoms with Gasteiger partial charge >= 0.3 is 7.82 Å². The van der Waals surface area contributed by atoms with Gasteiger partial charge < -0.3 is 0 Å². The van der Waals surface area contributed by atoms with Crippen LogP contribution in [0.15, 0.2) is 24.3 Å². The summed E-state index contributed by atoms with van der Waals surface area (Å²) in [4.78, 5) is 12.2. The van der Waals surface area contributed by atoms with E-state index in [0.717, 1.165) is 5.56 Å². The van der Waals surface area contributed by atoms with Gasteiger partial charge in [0.05, 0.1) is 13.2 Å². The van der Waals surface area contributed by atoms with E-state index in [4.69, 9.17) is 13.6 Å². The van der Waals surface area contributed by atoms with Gasteiger partial charge in [0, 0.05) is 5.56 Å². The van der Waals surface area contributed by atoms with E-state index in [2.05, 4.69) is 0 Å². The summed E-state index contributed by atoms with van der Waals surface area (Å²) in [7, 11) is -3.68. The van der Waals surface area contributed by atoms with Crippen molar-refractivity contribution in [3.8, 4) is 0 Å². The number of hydrogen-bond donors (Lipinski definition) is 0. The number of carbonyl (C=O) groups excluding carboxylic acids is 1. The molecule has 0 radical (unpaired) electrons. The van der Waals surface area contributed by atoms with Crippen molar-refractivity contribution in [3.05, 3.63) is 35.4 Å². The van der Waals surface area contributed by atoms with Gasteiger partial charge in [-0.05, 0) is 27.7 Å². The molecule has 1 atom stereocenters. The van der Waals surface area contributed by atoms with E-state index >= 15 is 0 Å². The number of Topliss-reactive ketones (excluding diaryl/α,β-unsaturated/α-hetero) is 1. The molecule has 5 nitrogen and oxygen atoms in total. The third kappa shape index (κ3) is 4.84. The van der Waals surface area contributed by atoms with Gasteiger partial charge in [0.15, 0.2) is 5.78 Å². The van der Waals surface area contributed by atoms with Crippen molar-refractivity contribution in [2.75, 3.05) is 13.2 Å². The number of ketones is 1. The summed E-state index contributed by atoms with van der Waals surface area (Å²) in [5, 5.41) is 0. The number of hydrogen-bond acceptors (Lipinski definition) is 5. The first-order valence-corrected chi connectivity index (χ1v) is 8.06. The lowest BCUT2D eigenvalue weighted by molar-refractivity contribution is 0.0637. The van der Waals surface area contributed by atoms with Crippen LogP contribution in [0.5, 0.6) is 0 Å². The minimum atomic E-state index is -3.68. The summed E-state index contributed by atoms with van der Waals surface area (Å²) in [6.45, 7) is 7.20. The molecule has 0 aromatic heterocycles. The molecule has 0 saturated heterocycles. The minimum Gasteiger partial charge on any atom is -0.291 e. The van der Waals surface area contributed by atoms with Crippen LogP contribution in [0, 0.1) is 6.92 Å². The second-order valence-electron chi connectivity index (χ2n) is 4.26. The average molecular weight is 300 g/mol. The van der Waals surface area contributed by atoms with Crippen LogP contribution in [0.4, 0.5) is 0 Å². The van der Waals surface area contributed by atoms with Gasteiger partial charge in [-0.2, -0.15) is 0 Å². The van der Waals surface area contributed by atoms with Crippen molar-refractivity contribution in [2.45, 2.75) is 33.8 Å². The zero-order valence-electron chi connectivity index (χ0n) is 12.3. The molecule has 0 aliphatic heterocycles. The quantitative estimate of drug-likeness (QED) is 0.540. The van der Waals surface area contributed by atoms with Crippen LogP contribution in [0.25, 0.3) is 0 Å². The number of aryl methyl sites for hydroxylation is 1. The Morgan fingerprint density at radius 2 is 1.65 bits per heavy atom. The maximum atomic E-state index is 12.2. The molecule has 1 unspecified atom stereocenters. The van der Waals surface area contributed by atoms with Crippen molar-refractivity contribution in [1.29, 1.82) is 0 Å². The predicted octanol–water partition coefficient (Wildman–Crippen LogP) is 3.76. The van der Waals surface area contributed by atoms with E-state index in [9.17, 15) is 9.36 Å². The standard InChI is InChI=1S/C14H21O5P/c1-5-17-20(16,18-6-2)19-12(4)14(15)13-9-7-11(3)8-10-13/h7-10,12H,5-6H2,1-4H3. The third-order valence-electron chi connectivity index (χ3n) is 2.57. The normalized spacial score (nSPS) is 13.2. The van der Waals surface area contributed by atoms with Crippen molar-refractivity contribution < 1.29 is 22.9 Å². The largest absolute Gasteiger partial charge is 0.475 e. The first kappa shape index (κ1) is 17.1.